The molecule has 0 atom stereocenters. The molecule has 2 aromatic rings. The zero-order chi connectivity index (χ0) is 18.6. The molecule has 2 fully saturated rings. The summed E-state index contributed by atoms with van der Waals surface area (Å²) in [6, 6.07) is 5.80. The molecule has 0 unspecified atom stereocenters. The second kappa shape index (κ2) is 8.24. The minimum atomic E-state index is -0.371. The second-order valence-corrected chi connectivity index (χ2v) is 7.81. The predicted molar refractivity (Wildman–Crippen MR) is 105 cm³/mol. The van der Waals surface area contributed by atoms with Gasteiger partial charge in [0.1, 0.15) is 17.2 Å². The van der Waals surface area contributed by atoms with Gasteiger partial charge in [-0.3, -0.25) is 0 Å². The van der Waals surface area contributed by atoms with Crippen LogP contribution >= 0.6 is 0 Å². The first-order valence-corrected chi connectivity index (χ1v) is 10.3. The second-order valence-electron chi connectivity index (χ2n) is 7.81. The van der Waals surface area contributed by atoms with Crippen molar-refractivity contribution in [1.29, 1.82) is 0 Å². The van der Waals surface area contributed by atoms with Crippen LogP contribution in [-0.2, 0) is 4.74 Å². The zero-order valence-corrected chi connectivity index (χ0v) is 16.1. The number of fused-ring (bicyclic) bond motifs is 1. The predicted octanol–water partition coefficient (Wildman–Crippen LogP) is 5.38. The number of aromatic amines is 1. The summed E-state index contributed by atoms with van der Waals surface area (Å²) < 4.78 is 17.5. The molecule has 0 bridgehead atoms. The Hall–Kier alpha value is -2.17. The summed E-state index contributed by atoms with van der Waals surface area (Å²) in [4.78, 5) is 15.1. The molecule has 1 aromatic heterocycles. The van der Waals surface area contributed by atoms with E-state index in [0.717, 1.165) is 48.1 Å². The van der Waals surface area contributed by atoms with E-state index >= 15 is 0 Å². The summed E-state index contributed by atoms with van der Waals surface area (Å²) in [6.07, 6.45) is 12.4. The van der Waals surface area contributed by atoms with Gasteiger partial charge in [-0.2, -0.15) is 0 Å². The Balaban J connectivity index is 1.64. The van der Waals surface area contributed by atoms with Crippen LogP contribution in [0.25, 0.3) is 10.9 Å². The quantitative estimate of drug-likeness (QED) is 0.717. The molecule has 0 aliphatic heterocycles. The summed E-state index contributed by atoms with van der Waals surface area (Å²) in [7, 11) is 1.39. The lowest BCUT2D eigenvalue weighted by molar-refractivity contribution is 0.0595. The van der Waals surface area contributed by atoms with Crippen molar-refractivity contribution in [2.75, 3.05) is 7.11 Å². The molecule has 2 aliphatic rings. The van der Waals surface area contributed by atoms with Crippen LogP contribution in [0.3, 0.4) is 0 Å². The van der Waals surface area contributed by atoms with E-state index in [1.807, 2.05) is 18.2 Å². The van der Waals surface area contributed by atoms with Gasteiger partial charge in [-0.25, -0.2) is 4.79 Å². The van der Waals surface area contributed by atoms with E-state index < -0.39 is 0 Å². The van der Waals surface area contributed by atoms with Gasteiger partial charge in [-0.05, 0) is 57.4 Å². The van der Waals surface area contributed by atoms with Crippen LogP contribution in [0, 0.1) is 0 Å². The van der Waals surface area contributed by atoms with Crippen molar-refractivity contribution in [2.24, 2.45) is 0 Å². The number of carbonyl (C=O) groups excluding carboxylic acids is 1. The van der Waals surface area contributed by atoms with Crippen LogP contribution in [-0.4, -0.2) is 30.3 Å². The first-order chi connectivity index (χ1) is 13.2. The molecule has 0 amide bonds. The normalized spacial score (nSPS) is 19.1. The van der Waals surface area contributed by atoms with Gasteiger partial charge in [0, 0.05) is 17.5 Å². The molecule has 0 spiro atoms. The molecule has 1 heterocycles. The van der Waals surface area contributed by atoms with Crippen LogP contribution < -0.4 is 9.47 Å². The molecule has 4 rings (SSSR count). The van der Waals surface area contributed by atoms with E-state index in [-0.39, 0.29) is 18.2 Å². The molecule has 146 valence electrons. The van der Waals surface area contributed by atoms with Crippen molar-refractivity contribution in [1.82, 2.24) is 4.98 Å². The molecule has 2 aliphatic carbocycles. The molecule has 5 nitrogen and oxygen atoms in total. The summed E-state index contributed by atoms with van der Waals surface area (Å²) in [5.41, 5.74) is 1.30. The molecule has 0 saturated heterocycles. The Morgan fingerprint density at radius 3 is 2.15 bits per heavy atom. The van der Waals surface area contributed by atoms with Gasteiger partial charge in [0.15, 0.2) is 0 Å². The first-order valence-electron chi connectivity index (χ1n) is 10.3. The van der Waals surface area contributed by atoms with Gasteiger partial charge < -0.3 is 19.2 Å². The Labute approximate surface area is 160 Å². The van der Waals surface area contributed by atoms with Crippen molar-refractivity contribution >= 4 is 16.9 Å². The minimum Gasteiger partial charge on any atom is -0.490 e. The van der Waals surface area contributed by atoms with Crippen molar-refractivity contribution in [3.63, 3.8) is 0 Å². The molecule has 2 saturated carbocycles. The number of hydrogen-bond acceptors (Lipinski definition) is 4. The fourth-order valence-electron chi connectivity index (χ4n) is 4.30. The highest BCUT2D eigenvalue weighted by Crippen LogP contribution is 2.36. The number of nitrogens with one attached hydrogen (secondary N) is 1. The van der Waals surface area contributed by atoms with Gasteiger partial charge in [0.05, 0.1) is 24.8 Å². The molecule has 1 N–H and O–H groups in total. The standard InChI is InChI=1S/C22H29NO4/c1-25-22(24)20-14-18-19(23-20)12-17(26-15-8-4-2-5-9-15)13-21(18)27-16-10-6-3-7-11-16/h12-16,23H,2-11H2,1H3. The molecular formula is C22H29NO4. The summed E-state index contributed by atoms with van der Waals surface area (Å²) >= 11 is 0. The molecule has 1 aromatic carbocycles. The third-order valence-electron chi connectivity index (χ3n) is 5.78. The monoisotopic (exact) mass is 371 g/mol. The number of carbonyl (C=O) groups is 1. The molecule has 27 heavy (non-hydrogen) atoms. The number of ether oxygens (including phenoxy) is 3. The highest BCUT2D eigenvalue weighted by molar-refractivity contribution is 5.97. The van der Waals surface area contributed by atoms with Gasteiger partial charge in [0.25, 0.3) is 0 Å². The van der Waals surface area contributed by atoms with Crippen molar-refractivity contribution in [2.45, 2.75) is 76.4 Å². The number of H-pyrrole nitrogens is 1. The highest BCUT2D eigenvalue weighted by Gasteiger charge is 2.21. The van der Waals surface area contributed by atoms with Crippen molar-refractivity contribution in [3.8, 4) is 11.5 Å². The van der Waals surface area contributed by atoms with Crippen LogP contribution in [0.5, 0.6) is 11.5 Å². The maximum absolute atomic E-state index is 12.0. The van der Waals surface area contributed by atoms with E-state index in [1.165, 1.54) is 45.6 Å². The maximum Gasteiger partial charge on any atom is 0.354 e. The number of esters is 1. The van der Waals surface area contributed by atoms with Gasteiger partial charge >= 0.3 is 5.97 Å². The smallest absolute Gasteiger partial charge is 0.354 e. The number of methoxy groups -OCH3 is 1. The molecule has 0 radical (unpaired) electrons. The average molecular weight is 371 g/mol. The number of rotatable bonds is 5. The lowest BCUT2D eigenvalue weighted by atomic mass is 9.97. The van der Waals surface area contributed by atoms with Gasteiger partial charge in [-0.1, -0.05) is 12.8 Å². The molecular weight excluding hydrogens is 342 g/mol. The first kappa shape index (κ1) is 18.2. The largest absolute Gasteiger partial charge is 0.490 e. The van der Waals surface area contributed by atoms with Crippen LogP contribution in [0.2, 0.25) is 0 Å². The van der Waals surface area contributed by atoms with Crippen molar-refractivity contribution in [3.05, 3.63) is 23.9 Å². The van der Waals surface area contributed by atoms with Gasteiger partial charge in [-0.15, -0.1) is 0 Å². The SMILES string of the molecule is COC(=O)c1cc2c(OC3CCCCC3)cc(OC3CCCCC3)cc2[nH]1. The number of aromatic nitrogens is 1. The topological polar surface area (TPSA) is 60.6 Å². The number of benzene rings is 1. The van der Waals surface area contributed by atoms with E-state index in [9.17, 15) is 4.79 Å². The highest BCUT2D eigenvalue weighted by atomic mass is 16.5. The average Bonchev–Trinajstić information content (AvgIpc) is 3.13. The van der Waals surface area contributed by atoms with Crippen LogP contribution in [0.15, 0.2) is 18.2 Å². The minimum absolute atomic E-state index is 0.239. The maximum atomic E-state index is 12.0. The van der Waals surface area contributed by atoms with E-state index in [4.69, 9.17) is 14.2 Å². The zero-order valence-electron chi connectivity index (χ0n) is 16.1. The Kier molecular flexibility index (Phi) is 5.55. The van der Waals surface area contributed by atoms with Crippen LogP contribution in [0.1, 0.15) is 74.7 Å². The molecule has 5 heteroatoms. The fourth-order valence-corrected chi connectivity index (χ4v) is 4.30. The van der Waals surface area contributed by atoms with Gasteiger partial charge in [0.2, 0.25) is 0 Å². The van der Waals surface area contributed by atoms with E-state index in [2.05, 4.69) is 4.98 Å². The third kappa shape index (κ3) is 4.23. The Morgan fingerprint density at radius 2 is 1.52 bits per heavy atom. The fraction of sp³-hybridized carbons (Fsp3) is 0.591. The Morgan fingerprint density at radius 1 is 0.889 bits per heavy atom. The lowest BCUT2D eigenvalue weighted by Gasteiger charge is -2.25. The summed E-state index contributed by atoms with van der Waals surface area (Å²) in [5.74, 6) is 1.25. The lowest BCUT2D eigenvalue weighted by Crippen LogP contribution is -2.21. The third-order valence-corrected chi connectivity index (χ3v) is 5.78. The summed E-state index contributed by atoms with van der Waals surface area (Å²) in [6.45, 7) is 0. The number of hydrogen-bond donors (Lipinski definition) is 1. The van der Waals surface area contributed by atoms with E-state index in [1.54, 1.807) is 0 Å². The summed E-state index contributed by atoms with van der Waals surface area (Å²) in [5, 5.41) is 0.914. The van der Waals surface area contributed by atoms with E-state index in [0.29, 0.717) is 5.69 Å². The van der Waals surface area contributed by atoms with Crippen molar-refractivity contribution < 1.29 is 19.0 Å². The van der Waals surface area contributed by atoms with Crippen LogP contribution in [0.4, 0.5) is 0 Å². The Bertz CT molecular complexity index is 785.